The summed E-state index contributed by atoms with van der Waals surface area (Å²) >= 11 is 0. The third-order valence-corrected chi connectivity index (χ3v) is 3.97. The number of carboxylic acids is 1. The summed E-state index contributed by atoms with van der Waals surface area (Å²) in [5, 5.41) is 13.4. The Morgan fingerprint density at radius 1 is 1.08 bits per heavy atom. The Morgan fingerprint density at radius 3 is 2.28 bits per heavy atom. The Morgan fingerprint density at radius 2 is 1.72 bits per heavy atom. The standard InChI is InChI=1S/C12H12FN7O4.C7H7FN2O2/c13-5-1-4(2-17-7(5)11(23)24)16-3-6(21)18-8-9(14)19-12(15)20-10(8)22;1-12-7(11)6-5(8)2-4(9)3-10-6/h1-2,16H,3H2,(H,18,21)(H,23,24)(H5,14,15,19,20,22);2-3H,9H2,1H3. The lowest BCUT2D eigenvalue weighted by Gasteiger charge is -2.09. The summed E-state index contributed by atoms with van der Waals surface area (Å²) in [5.41, 5.74) is 14.1. The second kappa shape index (κ2) is 11.7. The van der Waals surface area contributed by atoms with Crippen LogP contribution < -0.4 is 33.4 Å². The van der Waals surface area contributed by atoms with Crippen molar-refractivity contribution in [1.29, 1.82) is 0 Å². The van der Waals surface area contributed by atoms with Crippen molar-refractivity contribution in [1.82, 2.24) is 19.9 Å². The second-order valence-electron chi connectivity index (χ2n) is 6.56. The number of carbonyl (C=O) groups is 3. The maximum atomic E-state index is 13.4. The summed E-state index contributed by atoms with van der Waals surface area (Å²) in [6.07, 6.45) is 2.24. The fourth-order valence-corrected chi connectivity index (χ4v) is 2.39. The Kier molecular flexibility index (Phi) is 8.73. The second-order valence-corrected chi connectivity index (χ2v) is 6.56. The van der Waals surface area contributed by atoms with Crippen LogP contribution in [-0.2, 0) is 9.53 Å². The minimum absolute atomic E-state index is 0.0740. The van der Waals surface area contributed by atoms with E-state index in [1.54, 1.807) is 0 Å². The first-order chi connectivity index (χ1) is 16.9. The zero-order valence-corrected chi connectivity index (χ0v) is 18.3. The monoisotopic (exact) mass is 507 g/mol. The lowest BCUT2D eigenvalue weighted by molar-refractivity contribution is -0.114. The van der Waals surface area contributed by atoms with Crippen molar-refractivity contribution in [2.75, 3.05) is 41.5 Å². The minimum Gasteiger partial charge on any atom is -0.476 e. The fraction of sp³-hybridized carbons (Fsp3) is 0.105. The summed E-state index contributed by atoms with van der Waals surface area (Å²) in [6, 6.07) is 1.88. The lowest BCUT2D eigenvalue weighted by Crippen LogP contribution is -2.27. The van der Waals surface area contributed by atoms with Crippen LogP contribution in [0.2, 0.25) is 0 Å². The number of aromatic carboxylic acids is 1. The smallest absolute Gasteiger partial charge is 0.359 e. The number of nitrogens with two attached hydrogens (primary N) is 3. The molecule has 15 nitrogen and oxygen atoms in total. The van der Waals surface area contributed by atoms with Crippen LogP contribution >= 0.6 is 0 Å². The van der Waals surface area contributed by atoms with E-state index in [0.29, 0.717) is 0 Å². The number of pyridine rings is 2. The van der Waals surface area contributed by atoms with Crippen LogP contribution in [0.5, 0.6) is 0 Å². The topological polar surface area (TPSA) is 254 Å². The Balaban J connectivity index is 0.000000319. The largest absolute Gasteiger partial charge is 0.476 e. The Labute approximate surface area is 199 Å². The van der Waals surface area contributed by atoms with Gasteiger partial charge in [-0.3, -0.25) is 14.6 Å². The number of hydrogen-bond acceptors (Lipinski definition) is 12. The Bertz CT molecular complexity index is 1370. The summed E-state index contributed by atoms with van der Waals surface area (Å²) in [4.78, 5) is 57.5. The van der Waals surface area contributed by atoms with E-state index in [1.165, 1.54) is 6.20 Å². The summed E-state index contributed by atoms with van der Waals surface area (Å²) in [5.74, 6) is -5.30. The summed E-state index contributed by atoms with van der Waals surface area (Å²) < 4.78 is 30.6. The zero-order valence-electron chi connectivity index (χ0n) is 18.3. The highest BCUT2D eigenvalue weighted by Crippen LogP contribution is 2.13. The van der Waals surface area contributed by atoms with Crippen molar-refractivity contribution >= 4 is 46.7 Å². The van der Waals surface area contributed by atoms with Gasteiger partial charge in [-0.2, -0.15) is 4.98 Å². The quantitative estimate of drug-likeness (QED) is 0.214. The van der Waals surface area contributed by atoms with Crippen molar-refractivity contribution in [3.63, 3.8) is 0 Å². The average Bonchev–Trinajstić information content (AvgIpc) is 2.80. The molecule has 0 radical (unpaired) electrons. The molecule has 1 amide bonds. The van der Waals surface area contributed by atoms with Crippen molar-refractivity contribution < 1.29 is 33.0 Å². The number of rotatable bonds is 6. The summed E-state index contributed by atoms with van der Waals surface area (Å²) in [7, 11) is 1.15. The number of nitrogens with zero attached hydrogens (tertiary/aromatic N) is 3. The number of H-pyrrole nitrogens is 1. The molecule has 190 valence electrons. The van der Waals surface area contributed by atoms with Gasteiger partial charge < -0.3 is 37.7 Å². The molecule has 0 spiro atoms. The maximum Gasteiger partial charge on any atom is 0.359 e. The van der Waals surface area contributed by atoms with E-state index in [0.717, 1.165) is 25.4 Å². The van der Waals surface area contributed by atoms with Gasteiger partial charge in [0.2, 0.25) is 11.9 Å². The number of anilines is 5. The van der Waals surface area contributed by atoms with Gasteiger partial charge in [0.05, 0.1) is 37.4 Å². The first-order valence-electron chi connectivity index (χ1n) is 9.50. The first-order valence-corrected chi connectivity index (χ1v) is 9.50. The van der Waals surface area contributed by atoms with Gasteiger partial charge in [0, 0.05) is 12.1 Å². The molecule has 0 aliphatic heterocycles. The minimum atomic E-state index is -1.51. The van der Waals surface area contributed by atoms with Crippen LogP contribution in [0.1, 0.15) is 21.0 Å². The van der Waals surface area contributed by atoms with Gasteiger partial charge >= 0.3 is 11.9 Å². The van der Waals surface area contributed by atoms with Crippen molar-refractivity contribution in [2.24, 2.45) is 0 Å². The van der Waals surface area contributed by atoms with Gasteiger partial charge in [0.1, 0.15) is 5.69 Å². The molecule has 0 aromatic carbocycles. The van der Waals surface area contributed by atoms with Crippen molar-refractivity contribution in [3.8, 4) is 0 Å². The number of hydrogen-bond donors (Lipinski definition) is 7. The normalized spacial score (nSPS) is 9.97. The highest BCUT2D eigenvalue weighted by molar-refractivity contribution is 5.95. The molecular formula is C19H19F2N9O6. The van der Waals surface area contributed by atoms with E-state index >= 15 is 0 Å². The average molecular weight is 507 g/mol. The molecular weight excluding hydrogens is 488 g/mol. The number of aromatic amines is 1. The molecule has 10 N–H and O–H groups in total. The van der Waals surface area contributed by atoms with E-state index in [1.807, 2.05) is 0 Å². The molecule has 0 saturated carbocycles. The zero-order chi connectivity index (χ0) is 27.0. The summed E-state index contributed by atoms with van der Waals surface area (Å²) in [6.45, 7) is -0.364. The van der Waals surface area contributed by atoms with E-state index < -0.39 is 40.7 Å². The number of halogens is 2. The van der Waals surface area contributed by atoms with E-state index in [9.17, 15) is 28.0 Å². The van der Waals surface area contributed by atoms with Crippen LogP contribution in [-0.4, -0.2) is 56.5 Å². The number of carboxylic acid groups (broad SMARTS) is 1. The molecule has 3 rings (SSSR count). The molecule has 36 heavy (non-hydrogen) atoms. The van der Waals surface area contributed by atoms with Gasteiger partial charge in [-0.1, -0.05) is 0 Å². The first kappa shape index (κ1) is 26.9. The predicted octanol–water partition coefficient (Wildman–Crippen LogP) is -0.193. The van der Waals surface area contributed by atoms with E-state index in [-0.39, 0.29) is 41.1 Å². The number of aromatic nitrogens is 4. The number of nitrogens with one attached hydrogen (secondary N) is 3. The van der Waals surface area contributed by atoms with Crippen molar-refractivity contribution in [3.05, 3.63) is 57.9 Å². The predicted molar refractivity (Wildman–Crippen MR) is 122 cm³/mol. The number of methoxy groups -OCH3 is 1. The lowest BCUT2D eigenvalue weighted by atomic mass is 10.3. The number of ether oxygens (including phenoxy) is 1. The van der Waals surface area contributed by atoms with Gasteiger partial charge in [-0.25, -0.2) is 28.3 Å². The van der Waals surface area contributed by atoms with Gasteiger partial charge in [0.15, 0.2) is 28.8 Å². The molecule has 3 heterocycles. The van der Waals surface area contributed by atoms with Gasteiger partial charge in [-0.05, 0) is 0 Å². The highest BCUT2D eigenvalue weighted by atomic mass is 19.1. The molecule has 0 fully saturated rings. The molecule has 0 saturated heterocycles. The van der Waals surface area contributed by atoms with Gasteiger partial charge in [0.25, 0.3) is 5.56 Å². The molecule has 17 heteroatoms. The number of amides is 1. The molecule has 0 unspecified atom stereocenters. The number of carbonyl (C=O) groups excluding carboxylic acids is 2. The molecule has 0 aliphatic carbocycles. The third-order valence-electron chi connectivity index (χ3n) is 3.97. The Hall–Kier alpha value is -5.35. The number of nitrogen functional groups attached to an aromatic ring is 3. The van der Waals surface area contributed by atoms with Crippen molar-refractivity contribution in [2.45, 2.75) is 0 Å². The third kappa shape index (κ3) is 7.07. The van der Waals surface area contributed by atoms with Crippen LogP contribution in [0.4, 0.5) is 37.6 Å². The number of esters is 1. The van der Waals surface area contributed by atoms with Crippen LogP contribution in [0.25, 0.3) is 0 Å². The maximum absolute atomic E-state index is 13.4. The molecule has 0 aliphatic rings. The van der Waals surface area contributed by atoms with E-state index in [2.05, 4.69) is 35.3 Å². The SMILES string of the molecule is COC(=O)c1ncc(N)cc1F.Nc1nc(N)c(NC(=O)CNc2cnc(C(=O)O)c(F)c2)c(=O)[nH]1. The molecule has 0 atom stereocenters. The van der Waals surface area contributed by atoms with E-state index in [4.69, 9.17) is 22.3 Å². The molecule has 3 aromatic rings. The van der Waals surface area contributed by atoms with Crippen LogP contribution in [0, 0.1) is 11.6 Å². The molecule has 0 bridgehead atoms. The molecule has 3 aromatic heterocycles. The van der Waals surface area contributed by atoms with Crippen LogP contribution in [0.3, 0.4) is 0 Å². The van der Waals surface area contributed by atoms with Crippen LogP contribution in [0.15, 0.2) is 29.3 Å². The highest BCUT2D eigenvalue weighted by Gasteiger charge is 2.15. The van der Waals surface area contributed by atoms with Gasteiger partial charge in [-0.15, -0.1) is 0 Å². The fourth-order valence-electron chi connectivity index (χ4n) is 2.39.